The first-order chi connectivity index (χ1) is 12.0. The van der Waals surface area contributed by atoms with Gasteiger partial charge in [0.1, 0.15) is 5.82 Å². The fourth-order valence-electron chi connectivity index (χ4n) is 2.16. The third kappa shape index (κ3) is 5.77. The van der Waals surface area contributed by atoms with E-state index in [-0.39, 0.29) is 0 Å². The van der Waals surface area contributed by atoms with Crippen LogP contribution < -0.4 is 15.5 Å². The van der Waals surface area contributed by atoms with Gasteiger partial charge in [-0.15, -0.1) is 0 Å². The van der Waals surface area contributed by atoms with E-state index in [2.05, 4.69) is 39.6 Å². The van der Waals surface area contributed by atoms with Crippen LogP contribution in [0.3, 0.4) is 0 Å². The number of hydrogen-bond acceptors (Lipinski definition) is 5. The molecule has 0 unspecified atom stereocenters. The molecule has 0 aliphatic heterocycles. The van der Waals surface area contributed by atoms with Crippen molar-refractivity contribution in [2.24, 2.45) is 4.99 Å². The SMILES string of the molecule is CCNC(=NCc1cccc(N(C)C)n1)NCc1cc(C(C)C)no1. The van der Waals surface area contributed by atoms with Gasteiger partial charge in [0.05, 0.1) is 24.5 Å². The van der Waals surface area contributed by atoms with Crippen LogP contribution in [0.25, 0.3) is 0 Å². The first-order valence-electron chi connectivity index (χ1n) is 8.60. The summed E-state index contributed by atoms with van der Waals surface area (Å²) in [6.07, 6.45) is 0. The monoisotopic (exact) mass is 344 g/mol. The molecule has 0 saturated heterocycles. The summed E-state index contributed by atoms with van der Waals surface area (Å²) in [6.45, 7) is 8.05. The molecule has 2 N–H and O–H groups in total. The smallest absolute Gasteiger partial charge is 0.192 e. The Hall–Kier alpha value is -2.57. The molecule has 2 aromatic heterocycles. The highest BCUT2D eigenvalue weighted by molar-refractivity contribution is 5.79. The third-order valence-corrected chi connectivity index (χ3v) is 3.59. The maximum absolute atomic E-state index is 5.35. The molecule has 0 aliphatic carbocycles. The summed E-state index contributed by atoms with van der Waals surface area (Å²) in [5.41, 5.74) is 1.88. The van der Waals surface area contributed by atoms with Gasteiger partial charge in [-0.3, -0.25) is 0 Å². The minimum Gasteiger partial charge on any atom is -0.363 e. The molecule has 0 bridgehead atoms. The molecule has 0 radical (unpaired) electrons. The molecule has 0 fully saturated rings. The number of hydrogen-bond donors (Lipinski definition) is 2. The highest BCUT2D eigenvalue weighted by atomic mass is 16.5. The van der Waals surface area contributed by atoms with Crippen molar-refractivity contribution in [3.05, 3.63) is 41.4 Å². The lowest BCUT2D eigenvalue weighted by Gasteiger charge is -2.12. The molecular formula is C18H28N6O. The van der Waals surface area contributed by atoms with Crippen molar-refractivity contribution < 1.29 is 4.52 Å². The fourth-order valence-corrected chi connectivity index (χ4v) is 2.16. The number of pyridine rings is 1. The molecule has 136 valence electrons. The number of nitrogens with one attached hydrogen (secondary N) is 2. The molecular weight excluding hydrogens is 316 g/mol. The second-order valence-electron chi connectivity index (χ2n) is 6.30. The quantitative estimate of drug-likeness (QED) is 0.593. The fraction of sp³-hybridized carbons (Fsp3) is 0.500. The molecule has 25 heavy (non-hydrogen) atoms. The van der Waals surface area contributed by atoms with Crippen LogP contribution in [0, 0.1) is 0 Å². The zero-order chi connectivity index (χ0) is 18.2. The number of rotatable bonds is 7. The average molecular weight is 344 g/mol. The Morgan fingerprint density at radius 1 is 1.28 bits per heavy atom. The minimum absolute atomic E-state index is 0.356. The summed E-state index contributed by atoms with van der Waals surface area (Å²) >= 11 is 0. The van der Waals surface area contributed by atoms with E-state index in [1.165, 1.54) is 0 Å². The number of aromatic nitrogens is 2. The highest BCUT2D eigenvalue weighted by Crippen LogP contribution is 2.13. The summed E-state index contributed by atoms with van der Waals surface area (Å²) < 4.78 is 5.35. The predicted molar refractivity (Wildman–Crippen MR) is 101 cm³/mol. The normalized spacial score (nSPS) is 11.7. The Bertz CT molecular complexity index is 692. The van der Waals surface area contributed by atoms with E-state index in [9.17, 15) is 0 Å². The van der Waals surface area contributed by atoms with Crippen LogP contribution in [-0.4, -0.2) is 36.7 Å². The summed E-state index contributed by atoms with van der Waals surface area (Å²) in [6, 6.07) is 7.93. The summed E-state index contributed by atoms with van der Waals surface area (Å²) in [5, 5.41) is 10.6. The molecule has 2 aromatic rings. The van der Waals surface area contributed by atoms with E-state index in [1.807, 2.05) is 50.2 Å². The lowest BCUT2D eigenvalue weighted by atomic mass is 10.1. The van der Waals surface area contributed by atoms with Gasteiger partial charge in [0.2, 0.25) is 0 Å². The van der Waals surface area contributed by atoms with Crippen molar-refractivity contribution in [1.82, 2.24) is 20.8 Å². The molecule has 0 atom stereocenters. The van der Waals surface area contributed by atoms with Gasteiger partial charge in [0.15, 0.2) is 11.7 Å². The van der Waals surface area contributed by atoms with Crippen LogP contribution in [-0.2, 0) is 13.1 Å². The van der Waals surface area contributed by atoms with E-state index >= 15 is 0 Å². The van der Waals surface area contributed by atoms with Gasteiger partial charge < -0.3 is 20.1 Å². The van der Waals surface area contributed by atoms with Gasteiger partial charge in [-0.1, -0.05) is 25.1 Å². The van der Waals surface area contributed by atoms with Crippen LogP contribution in [0.1, 0.15) is 43.8 Å². The van der Waals surface area contributed by atoms with Gasteiger partial charge in [0, 0.05) is 26.7 Å². The van der Waals surface area contributed by atoms with Crippen LogP contribution in [0.2, 0.25) is 0 Å². The zero-order valence-corrected chi connectivity index (χ0v) is 15.7. The van der Waals surface area contributed by atoms with Crippen LogP contribution in [0.15, 0.2) is 33.8 Å². The number of aliphatic imine (C=N–C) groups is 1. The highest BCUT2D eigenvalue weighted by Gasteiger charge is 2.08. The Kier molecular flexibility index (Phi) is 6.80. The van der Waals surface area contributed by atoms with Gasteiger partial charge >= 0.3 is 0 Å². The van der Waals surface area contributed by atoms with Gasteiger partial charge in [-0.25, -0.2) is 9.98 Å². The van der Waals surface area contributed by atoms with Crippen molar-refractivity contribution in [3.63, 3.8) is 0 Å². The lowest BCUT2D eigenvalue weighted by molar-refractivity contribution is 0.372. The maximum atomic E-state index is 5.35. The molecule has 7 heteroatoms. The molecule has 2 heterocycles. The molecule has 2 rings (SSSR count). The van der Waals surface area contributed by atoms with Crippen LogP contribution in [0.4, 0.5) is 5.82 Å². The molecule has 0 aromatic carbocycles. The van der Waals surface area contributed by atoms with E-state index < -0.39 is 0 Å². The average Bonchev–Trinajstić information content (AvgIpc) is 3.07. The van der Waals surface area contributed by atoms with Crippen molar-refractivity contribution in [3.8, 4) is 0 Å². The Morgan fingerprint density at radius 2 is 2.08 bits per heavy atom. The maximum Gasteiger partial charge on any atom is 0.192 e. The second-order valence-corrected chi connectivity index (χ2v) is 6.30. The van der Waals surface area contributed by atoms with E-state index in [1.54, 1.807) is 0 Å². The standard InChI is InChI=1S/C18H28N6O/c1-6-19-18(21-12-15-10-16(13(2)3)23-25-15)20-11-14-8-7-9-17(22-14)24(4)5/h7-10,13H,6,11-12H2,1-5H3,(H2,19,20,21). The number of anilines is 1. The molecule has 0 spiro atoms. The van der Waals surface area contributed by atoms with Crippen molar-refractivity contribution in [2.75, 3.05) is 25.5 Å². The first-order valence-corrected chi connectivity index (χ1v) is 8.60. The van der Waals surface area contributed by atoms with Crippen molar-refractivity contribution >= 4 is 11.8 Å². The number of nitrogens with zero attached hydrogens (tertiary/aromatic N) is 4. The zero-order valence-electron chi connectivity index (χ0n) is 15.7. The van der Waals surface area contributed by atoms with E-state index in [4.69, 9.17) is 4.52 Å². The third-order valence-electron chi connectivity index (χ3n) is 3.59. The summed E-state index contributed by atoms with van der Waals surface area (Å²) in [7, 11) is 3.95. The van der Waals surface area contributed by atoms with Crippen LogP contribution >= 0.6 is 0 Å². The van der Waals surface area contributed by atoms with Gasteiger partial charge in [-0.2, -0.15) is 0 Å². The molecule has 0 saturated carbocycles. The summed E-state index contributed by atoms with van der Waals surface area (Å²) in [5.74, 6) is 2.80. The topological polar surface area (TPSA) is 78.6 Å². The first kappa shape index (κ1) is 18.8. The Labute approximate surface area is 149 Å². The van der Waals surface area contributed by atoms with Gasteiger partial charge in [-0.05, 0) is 25.0 Å². The van der Waals surface area contributed by atoms with Crippen LogP contribution in [0.5, 0.6) is 0 Å². The minimum atomic E-state index is 0.356. The molecule has 7 nitrogen and oxygen atoms in total. The van der Waals surface area contributed by atoms with E-state index in [0.29, 0.717) is 19.0 Å². The molecule has 0 amide bonds. The largest absolute Gasteiger partial charge is 0.363 e. The predicted octanol–water partition coefficient (Wildman–Crippen LogP) is 2.51. The summed E-state index contributed by atoms with van der Waals surface area (Å²) in [4.78, 5) is 11.2. The van der Waals surface area contributed by atoms with Gasteiger partial charge in [0.25, 0.3) is 0 Å². The second kappa shape index (κ2) is 9.05. The Morgan fingerprint density at radius 3 is 2.72 bits per heavy atom. The van der Waals surface area contributed by atoms with Crippen molar-refractivity contribution in [1.29, 1.82) is 0 Å². The lowest BCUT2D eigenvalue weighted by Crippen LogP contribution is -2.36. The Balaban J connectivity index is 1.98. The van der Waals surface area contributed by atoms with Crippen molar-refractivity contribution in [2.45, 2.75) is 39.8 Å². The number of guanidine groups is 1. The molecule has 0 aliphatic rings. The van der Waals surface area contributed by atoms with E-state index in [0.717, 1.165) is 35.5 Å².